The molecule has 0 saturated heterocycles. The standard InChI is InChI=1S/C17H13FN2O3/c1-9-7-11(8-13(10(9)2)17(21)22)15-19-16(23-20-15)12-5-3-4-6-14(12)18/h3-8H,1-2H3,(H,21,22). The third kappa shape index (κ3) is 2.70. The molecular weight excluding hydrogens is 299 g/mol. The molecule has 23 heavy (non-hydrogen) atoms. The molecule has 0 aliphatic rings. The highest BCUT2D eigenvalue weighted by molar-refractivity contribution is 5.91. The van der Waals surface area contributed by atoms with E-state index < -0.39 is 11.8 Å². The maximum absolute atomic E-state index is 13.8. The van der Waals surface area contributed by atoms with Gasteiger partial charge in [0.1, 0.15) is 5.82 Å². The molecule has 1 heterocycles. The van der Waals surface area contributed by atoms with Crippen LogP contribution in [0.2, 0.25) is 0 Å². The molecule has 0 amide bonds. The highest BCUT2D eigenvalue weighted by Gasteiger charge is 2.17. The van der Waals surface area contributed by atoms with Crippen LogP contribution in [0, 0.1) is 19.7 Å². The van der Waals surface area contributed by atoms with Crippen molar-refractivity contribution in [1.29, 1.82) is 0 Å². The second kappa shape index (κ2) is 5.64. The Morgan fingerprint density at radius 3 is 2.65 bits per heavy atom. The van der Waals surface area contributed by atoms with Crippen LogP contribution < -0.4 is 0 Å². The van der Waals surface area contributed by atoms with Crippen LogP contribution in [-0.2, 0) is 0 Å². The van der Waals surface area contributed by atoms with Crippen LogP contribution in [0.5, 0.6) is 0 Å². The van der Waals surface area contributed by atoms with Gasteiger partial charge < -0.3 is 9.63 Å². The van der Waals surface area contributed by atoms with Crippen LogP contribution >= 0.6 is 0 Å². The summed E-state index contributed by atoms with van der Waals surface area (Å²) in [5, 5.41) is 13.1. The van der Waals surface area contributed by atoms with Gasteiger partial charge in [-0.15, -0.1) is 0 Å². The first-order valence-electron chi connectivity index (χ1n) is 6.91. The van der Waals surface area contributed by atoms with Crippen molar-refractivity contribution in [1.82, 2.24) is 10.1 Å². The summed E-state index contributed by atoms with van der Waals surface area (Å²) in [7, 11) is 0. The van der Waals surface area contributed by atoms with E-state index in [9.17, 15) is 14.3 Å². The van der Waals surface area contributed by atoms with Crippen LogP contribution in [0.3, 0.4) is 0 Å². The molecule has 0 unspecified atom stereocenters. The molecule has 0 aliphatic heterocycles. The molecular formula is C17H13FN2O3. The minimum atomic E-state index is -1.02. The van der Waals surface area contributed by atoms with E-state index in [1.54, 1.807) is 25.1 Å². The van der Waals surface area contributed by atoms with Gasteiger partial charge >= 0.3 is 5.97 Å². The summed E-state index contributed by atoms with van der Waals surface area (Å²) >= 11 is 0. The number of nitrogens with zero attached hydrogens (tertiary/aromatic N) is 2. The van der Waals surface area contributed by atoms with E-state index in [-0.39, 0.29) is 22.8 Å². The van der Waals surface area contributed by atoms with Crippen LogP contribution in [0.15, 0.2) is 40.9 Å². The number of halogens is 1. The number of hydrogen-bond acceptors (Lipinski definition) is 4. The SMILES string of the molecule is Cc1cc(-c2noc(-c3ccccc3F)n2)cc(C(=O)O)c1C. The monoisotopic (exact) mass is 312 g/mol. The molecule has 1 N–H and O–H groups in total. The summed E-state index contributed by atoms with van der Waals surface area (Å²) in [4.78, 5) is 15.5. The average Bonchev–Trinajstić information content (AvgIpc) is 2.99. The summed E-state index contributed by atoms with van der Waals surface area (Å²) in [5.41, 5.74) is 2.37. The van der Waals surface area contributed by atoms with E-state index in [4.69, 9.17) is 4.52 Å². The van der Waals surface area contributed by atoms with Crippen LogP contribution in [-0.4, -0.2) is 21.2 Å². The van der Waals surface area contributed by atoms with Crippen molar-refractivity contribution in [3.05, 3.63) is 58.9 Å². The van der Waals surface area contributed by atoms with Gasteiger partial charge in [0.15, 0.2) is 0 Å². The fraction of sp³-hybridized carbons (Fsp3) is 0.118. The highest BCUT2D eigenvalue weighted by Crippen LogP contribution is 2.27. The number of benzene rings is 2. The predicted molar refractivity (Wildman–Crippen MR) is 81.6 cm³/mol. The van der Waals surface area contributed by atoms with Crippen molar-refractivity contribution in [3.8, 4) is 22.8 Å². The molecule has 3 rings (SSSR count). The zero-order valence-electron chi connectivity index (χ0n) is 12.5. The molecule has 0 aliphatic carbocycles. The molecule has 0 saturated carbocycles. The summed E-state index contributed by atoms with van der Waals surface area (Å²) < 4.78 is 18.9. The average molecular weight is 312 g/mol. The first-order chi connectivity index (χ1) is 11.0. The molecule has 5 nitrogen and oxygen atoms in total. The van der Waals surface area contributed by atoms with Crippen LogP contribution in [0.25, 0.3) is 22.8 Å². The highest BCUT2D eigenvalue weighted by atomic mass is 19.1. The zero-order valence-corrected chi connectivity index (χ0v) is 12.5. The number of aryl methyl sites for hydroxylation is 1. The Morgan fingerprint density at radius 1 is 1.22 bits per heavy atom. The Kier molecular flexibility index (Phi) is 3.65. The second-order valence-corrected chi connectivity index (χ2v) is 5.17. The van der Waals surface area contributed by atoms with E-state index in [0.717, 1.165) is 5.56 Å². The Bertz CT molecular complexity index is 903. The molecule has 0 fully saturated rings. The van der Waals surface area contributed by atoms with Crippen molar-refractivity contribution in [2.75, 3.05) is 0 Å². The van der Waals surface area contributed by atoms with Gasteiger partial charge in [-0.25, -0.2) is 9.18 Å². The van der Waals surface area contributed by atoms with Crippen molar-refractivity contribution in [2.24, 2.45) is 0 Å². The number of aromatic nitrogens is 2. The molecule has 3 aromatic rings. The number of carbonyl (C=O) groups is 1. The summed E-state index contributed by atoms with van der Waals surface area (Å²) in [6.07, 6.45) is 0. The number of hydrogen-bond donors (Lipinski definition) is 1. The Labute approximate surface area is 131 Å². The van der Waals surface area contributed by atoms with E-state index in [1.165, 1.54) is 18.2 Å². The van der Waals surface area contributed by atoms with Crippen LogP contribution in [0.4, 0.5) is 4.39 Å². The zero-order chi connectivity index (χ0) is 16.6. The van der Waals surface area contributed by atoms with Crippen molar-refractivity contribution < 1.29 is 18.8 Å². The quantitative estimate of drug-likeness (QED) is 0.794. The van der Waals surface area contributed by atoms with E-state index >= 15 is 0 Å². The summed E-state index contributed by atoms with van der Waals surface area (Å²) in [6.45, 7) is 3.55. The Balaban J connectivity index is 2.08. The molecule has 2 aromatic carbocycles. The number of carboxylic acid groups (broad SMARTS) is 1. The first kappa shape index (κ1) is 14.9. The Hall–Kier alpha value is -3.02. The predicted octanol–water partition coefficient (Wildman–Crippen LogP) is 3.86. The lowest BCUT2D eigenvalue weighted by atomic mass is 9.99. The maximum Gasteiger partial charge on any atom is 0.335 e. The molecule has 0 spiro atoms. The normalized spacial score (nSPS) is 10.7. The van der Waals surface area contributed by atoms with Gasteiger partial charge in [0, 0.05) is 5.56 Å². The second-order valence-electron chi connectivity index (χ2n) is 5.17. The van der Waals surface area contributed by atoms with Gasteiger partial charge in [-0.1, -0.05) is 17.3 Å². The molecule has 6 heteroatoms. The first-order valence-corrected chi connectivity index (χ1v) is 6.91. The van der Waals surface area contributed by atoms with Gasteiger partial charge in [-0.3, -0.25) is 0 Å². The minimum Gasteiger partial charge on any atom is -0.478 e. The molecule has 116 valence electrons. The fourth-order valence-corrected chi connectivity index (χ4v) is 2.30. The number of rotatable bonds is 3. The molecule has 0 radical (unpaired) electrons. The summed E-state index contributed by atoms with van der Waals surface area (Å²) in [6, 6.07) is 9.34. The molecule has 1 aromatic heterocycles. The van der Waals surface area contributed by atoms with Crippen molar-refractivity contribution in [3.63, 3.8) is 0 Å². The minimum absolute atomic E-state index is 0.0493. The lowest BCUT2D eigenvalue weighted by Crippen LogP contribution is -2.02. The maximum atomic E-state index is 13.8. The van der Waals surface area contributed by atoms with E-state index in [1.807, 2.05) is 6.92 Å². The van der Waals surface area contributed by atoms with E-state index in [2.05, 4.69) is 10.1 Å². The van der Waals surface area contributed by atoms with Gasteiger partial charge in [-0.05, 0) is 49.2 Å². The molecule has 0 atom stereocenters. The fourth-order valence-electron chi connectivity index (χ4n) is 2.30. The van der Waals surface area contributed by atoms with E-state index in [0.29, 0.717) is 11.1 Å². The summed E-state index contributed by atoms with van der Waals surface area (Å²) in [5.74, 6) is -1.22. The van der Waals surface area contributed by atoms with Gasteiger partial charge in [0.25, 0.3) is 5.89 Å². The number of aromatic carboxylic acids is 1. The lowest BCUT2D eigenvalue weighted by molar-refractivity contribution is 0.0696. The lowest BCUT2D eigenvalue weighted by Gasteiger charge is -2.06. The Morgan fingerprint density at radius 2 is 1.96 bits per heavy atom. The van der Waals surface area contributed by atoms with Gasteiger partial charge in [-0.2, -0.15) is 4.98 Å². The van der Waals surface area contributed by atoms with Crippen molar-refractivity contribution >= 4 is 5.97 Å². The third-order valence-electron chi connectivity index (χ3n) is 3.69. The van der Waals surface area contributed by atoms with Gasteiger partial charge in [0.2, 0.25) is 5.82 Å². The largest absolute Gasteiger partial charge is 0.478 e. The number of carboxylic acids is 1. The van der Waals surface area contributed by atoms with Gasteiger partial charge in [0.05, 0.1) is 11.1 Å². The molecule has 0 bridgehead atoms. The third-order valence-corrected chi connectivity index (χ3v) is 3.69. The topological polar surface area (TPSA) is 76.2 Å². The smallest absolute Gasteiger partial charge is 0.335 e. The van der Waals surface area contributed by atoms with Crippen LogP contribution in [0.1, 0.15) is 21.5 Å². The van der Waals surface area contributed by atoms with Crippen molar-refractivity contribution in [2.45, 2.75) is 13.8 Å².